The van der Waals surface area contributed by atoms with Crippen molar-refractivity contribution in [3.8, 4) is 17.3 Å². The van der Waals surface area contributed by atoms with Crippen molar-refractivity contribution in [1.82, 2.24) is 25.0 Å². The van der Waals surface area contributed by atoms with Crippen LogP contribution in [0.3, 0.4) is 0 Å². The van der Waals surface area contributed by atoms with Gasteiger partial charge >= 0.3 is 0 Å². The lowest BCUT2D eigenvalue weighted by atomic mass is 10.1. The lowest BCUT2D eigenvalue weighted by Crippen LogP contribution is -2.36. The largest absolute Gasteiger partial charge is 0.346 e. The Morgan fingerprint density at radius 3 is 2.86 bits per heavy atom. The summed E-state index contributed by atoms with van der Waals surface area (Å²) in [5.41, 5.74) is 2.26. The topological polar surface area (TPSA) is 86.8 Å². The molecule has 1 amide bonds. The number of aryl methyl sites for hydroxylation is 1. The molecule has 3 rings (SSSR count). The van der Waals surface area contributed by atoms with E-state index in [1.54, 1.807) is 28.0 Å². The molecule has 1 atom stereocenters. The van der Waals surface area contributed by atoms with Crippen LogP contribution in [-0.2, 0) is 7.05 Å². The molecule has 1 aliphatic heterocycles. The van der Waals surface area contributed by atoms with Crippen molar-refractivity contribution >= 4 is 5.91 Å². The number of likely N-dealkylation sites (tertiary alicyclic amines) is 1. The average molecular weight is 296 g/mol. The second kappa shape index (κ2) is 5.85. The van der Waals surface area contributed by atoms with Gasteiger partial charge < -0.3 is 10.2 Å². The lowest BCUT2D eigenvalue weighted by Gasteiger charge is -2.11. The predicted molar refractivity (Wildman–Crippen MR) is 79.5 cm³/mol. The Kier molecular flexibility index (Phi) is 3.74. The molecule has 112 valence electrons. The van der Waals surface area contributed by atoms with Crippen molar-refractivity contribution in [2.24, 2.45) is 7.05 Å². The molecule has 2 aromatic rings. The standard InChI is InChI=1S/C15H16N6O/c1-20-8-12(7-18-20)11-2-3-14(17-6-11)15(22)19-13-4-5-21(9-13)10-16/h2-3,6-8,13H,4-5,9H2,1H3,(H,19,22)/t13-/m1/s1. The number of carbonyl (C=O) groups is 1. The minimum Gasteiger partial charge on any atom is -0.346 e. The third kappa shape index (κ3) is 2.91. The maximum Gasteiger partial charge on any atom is 0.270 e. The van der Waals surface area contributed by atoms with Crippen LogP contribution in [0.1, 0.15) is 16.9 Å². The summed E-state index contributed by atoms with van der Waals surface area (Å²) >= 11 is 0. The fourth-order valence-electron chi connectivity index (χ4n) is 2.50. The Balaban J connectivity index is 1.65. The number of hydrogen-bond acceptors (Lipinski definition) is 5. The third-order valence-electron chi connectivity index (χ3n) is 3.70. The van der Waals surface area contributed by atoms with Gasteiger partial charge in [-0.05, 0) is 12.5 Å². The van der Waals surface area contributed by atoms with Gasteiger partial charge in [0.05, 0.1) is 6.20 Å². The first-order chi connectivity index (χ1) is 10.7. The van der Waals surface area contributed by atoms with Crippen molar-refractivity contribution in [3.63, 3.8) is 0 Å². The van der Waals surface area contributed by atoms with Crippen molar-refractivity contribution in [1.29, 1.82) is 5.26 Å². The van der Waals surface area contributed by atoms with Gasteiger partial charge in [-0.3, -0.25) is 14.5 Å². The van der Waals surface area contributed by atoms with E-state index < -0.39 is 0 Å². The molecule has 0 aromatic carbocycles. The molecule has 0 saturated carbocycles. The summed E-state index contributed by atoms with van der Waals surface area (Å²) in [6, 6.07) is 3.57. The van der Waals surface area contributed by atoms with Crippen LogP contribution >= 0.6 is 0 Å². The Labute approximate surface area is 128 Å². The molecule has 2 aromatic heterocycles. The molecule has 0 aliphatic carbocycles. The molecule has 7 heteroatoms. The van der Waals surface area contributed by atoms with Gasteiger partial charge in [0.1, 0.15) is 5.69 Å². The lowest BCUT2D eigenvalue weighted by molar-refractivity contribution is 0.0934. The first-order valence-corrected chi connectivity index (χ1v) is 7.06. The number of amides is 1. The highest BCUT2D eigenvalue weighted by molar-refractivity contribution is 5.92. The number of nitrogens with zero attached hydrogens (tertiary/aromatic N) is 5. The number of nitriles is 1. The van der Waals surface area contributed by atoms with Crippen LogP contribution in [0.2, 0.25) is 0 Å². The van der Waals surface area contributed by atoms with E-state index in [9.17, 15) is 4.79 Å². The maximum atomic E-state index is 12.2. The monoisotopic (exact) mass is 296 g/mol. The van der Waals surface area contributed by atoms with Crippen LogP contribution in [-0.4, -0.2) is 44.7 Å². The molecule has 0 radical (unpaired) electrons. The molecule has 22 heavy (non-hydrogen) atoms. The summed E-state index contributed by atoms with van der Waals surface area (Å²) in [6.07, 6.45) is 8.20. The Bertz CT molecular complexity index is 714. The molecule has 1 fully saturated rings. The van der Waals surface area contributed by atoms with E-state index in [1.807, 2.05) is 19.3 Å². The first kappa shape index (κ1) is 14.1. The molecule has 1 aliphatic rings. The van der Waals surface area contributed by atoms with Crippen LogP contribution < -0.4 is 5.32 Å². The summed E-state index contributed by atoms with van der Waals surface area (Å²) in [6.45, 7) is 1.25. The van der Waals surface area contributed by atoms with Gasteiger partial charge in [-0.1, -0.05) is 6.07 Å². The van der Waals surface area contributed by atoms with Crippen molar-refractivity contribution in [2.45, 2.75) is 12.5 Å². The molecular formula is C15H16N6O. The number of rotatable bonds is 3. The van der Waals surface area contributed by atoms with Crippen LogP contribution in [0, 0.1) is 11.5 Å². The van der Waals surface area contributed by atoms with Gasteiger partial charge in [0.2, 0.25) is 0 Å². The minimum atomic E-state index is -0.206. The Morgan fingerprint density at radius 1 is 1.41 bits per heavy atom. The molecule has 1 saturated heterocycles. The highest BCUT2D eigenvalue weighted by Gasteiger charge is 2.23. The number of carbonyl (C=O) groups excluding carboxylic acids is 1. The van der Waals surface area contributed by atoms with E-state index in [2.05, 4.69) is 21.6 Å². The molecule has 1 N–H and O–H groups in total. The van der Waals surface area contributed by atoms with Crippen LogP contribution in [0.15, 0.2) is 30.7 Å². The molecular weight excluding hydrogens is 280 g/mol. The SMILES string of the molecule is Cn1cc(-c2ccc(C(=O)N[C@@H]3CCN(C#N)C3)nc2)cn1. The van der Waals surface area contributed by atoms with Gasteiger partial charge in [-0.15, -0.1) is 0 Å². The number of pyridine rings is 1. The van der Waals surface area contributed by atoms with Crippen LogP contribution in [0.5, 0.6) is 0 Å². The average Bonchev–Trinajstić information content (AvgIpc) is 3.16. The smallest absolute Gasteiger partial charge is 0.270 e. The normalized spacial score (nSPS) is 17.3. The molecule has 0 bridgehead atoms. The Morgan fingerprint density at radius 2 is 2.27 bits per heavy atom. The van der Waals surface area contributed by atoms with Gasteiger partial charge in [0, 0.05) is 49.7 Å². The predicted octanol–water partition coefficient (Wildman–Crippen LogP) is 0.767. The van der Waals surface area contributed by atoms with Gasteiger partial charge in [0.15, 0.2) is 6.19 Å². The summed E-state index contributed by atoms with van der Waals surface area (Å²) in [7, 11) is 1.85. The van der Waals surface area contributed by atoms with Gasteiger partial charge in [0.25, 0.3) is 5.91 Å². The minimum absolute atomic E-state index is 0.00644. The summed E-state index contributed by atoms with van der Waals surface area (Å²) in [5.74, 6) is -0.206. The third-order valence-corrected chi connectivity index (χ3v) is 3.70. The fraction of sp³-hybridized carbons (Fsp3) is 0.333. The second-order valence-corrected chi connectivity index (χ2v) is 5.34. The number of hydrogen-bond donors (Lipinski definition) is 1. The zero-order valence-corrected chi connectivity index (χ0v) is 12.2. The highest BCUT2D eigenvalue weighted by atomic mass is 16.1. The van der Waals surface area contributed by atoms with Gasteiger partial charge in [-0.2, -0.15) is 10.4 Å². The van der Waals surface area contributed by atoms with E-state index in [-0.39, 0.29) is 11.9 Å². The van der Waals surface area contributed by atoms with E-state index in [0.717, 1.165) is 17.5 Å². The van der Waals surface area contributed by atoms with E-state index >= 15 is 0 Å². The molecule has 0 unspecified atom stereocenters. The first-order valence-electron chi connectivity index (χ1n) is 7.06. The molecule has 0 spiro atoms. The summed E-state index contributed by atoms with van der Waals surface area (Å²) < 4.78 is 1.72. The maximum absolute atomic E-state index is 12.2. The number of aromatic nitrogens is 3. The zero-order chi connectivity index (χ0) is 15.5. The fourth-order valence-corrected chi connectivity index (χ4v) is 2.50. The van der Waals surface area contributed by atoms with E-state index in [4.69, 9.17) is 5.26 Å². The molecule has 3 heterocycles. The summed E-state index contributed by atoms with van der Waals surface area (Å²) in [5, 5.41) is 15.8. The summed E-state index contributed by atoms with van der Waals surface area (Å²) in [4.78, 5) is 18.0. The highest BCUT2D eigenvalue weighted by Crippen LogP contribution is 2.17. The van der Waals surface area contributed by atoms with Crippen LogP contribution in [0.25, 0.3) is 11.1 Å². The Hall–Kier alpha value is -2.88. The van der Waals surface area contributed by atoms with Crippen LogP contribution in [0.4, 0.5) is 0 Å². The quantitative estimate of drug-likeness (QED) is 0.845. The zero-order valence-electron chi connectivity index (χ0n) is 12.2. The second-order valence-electron chi connectivity index (χ2n) is 5.34. The van der Waals surface area contributed by atoms with Gasteiger partial charge in [-0.25, -0.2) is 0 Å². The van der Waals surface area contributed by atoms with E-state index in [0.29, 0.717) is 18.8 Å². The molecule has 7 nitrogen and oxygen atoms in total. The van der Waals surface area contributed by atoms with Crippen molar-refractivity contribution < 1.29 is 4.79 Å². The van der Waals surface area contributed by atoms with Crippen molar-refractivity contribution in [3.05, 3.63) is 36.4 Å². The number of nitrogens with one attached hydrogen (secondary N) is 1. The van der Waals surface area contributed by atoms with Crippen molar-refractivity contribution in [2.75, 3.05) is 13.1 Å². The van der Waals surface area contributed by atoms with E-state index in [1.165, 1.54) is 0 Å².